The summed E-state index contributed by atoms with van der Waals surface area (Å²) in [6.07, 6.45) is 1.41. The van der Waals surface area contributed by atoms with Gasteiger partial charge in [0.05, 0.1) is 16.9 Å². The second kappa shape index (κ2) is 6.46. The van der Waals surface area contributed by atoms with Crippen LogP contribution in [0.1, 0.15) is 11.1 Å². The Morgan fingerprint density at radius 1 is 1.35 bits per heavy atom. The number of alkyl halides is 1. The van der Waals surface area contributed by atoms with Crippen molar-refractivity contribution in [3.05, 3.63) is 50.7 Å². The van der Waals surface area contributed by atoms with Crippen LogP contribution >= 0.6 is 23.2 Å². The van der Waals surface area contributed by atoms with Gasteiger partial charge in [-0.05, 0) is 31.5 Å². The predicted molar refractivity (Wildman–Crippen MR) is 87.5 cm³/mol. The molecular weight excluding hydrogens is 368 g/mol. The molecule has 0 aliphatic carbocycles. The van der Waals surface area contributed by atoms with E-state index in [4.69, 9.17) is 23.2 Å². The fraction of sp³-hybridized carbons (Fsp3) is 0.231. The molecule has 10 heteroatoms. The van der Waals surface area contributed by atoms with Crippen LogP contribution in [-0.2, 0) is 10.0 Å². The van der Waals surface area contributed by atoms with Crippen LogP contribution < -0.4 is 10.3 Å². The first kappa shape index (κ1) is 17.7. The fourth-order valence-electron chi connectivity index (χ4n) is 1.77. The number of benzene rings is 1. The van der Waals surface area contributed by atoms with E-state index in [0.717, 1.165) is 16.8 Å². The number of aromatic nitrogens is 2. The summed E-state index contributed by atoms with van der Waals surface area (Å²) < 4.78 is 40.2. The second-order valence-corrected chi connectivity index (χ2v) is 7.49. The lowest BCUT2D eigenvalue weighted by molar-refractivity contribution is 0.602. The Balaban J connectivity index is 2.65. The monoisotopic (exact) mass is 379 g/mol. The van der Waals surface area contributed by atoms with Crippen LogP contribution in [0, 0.1) is 19.7 Å². The number of anilines is 1. The Morgan fingerprint density at radius 2 is 2.00 bits per heavy atom. The van der Waals surface area contributed by atoms with Gasteiger partial charge in [0.1, 0.15) is 10.9 Å². The third kappa shape index (κ3) is 3.65. The van der Waals surface area contributed by atoms with E-state index in [2.05, 4.69) is 9.82 Å². The van der Waals surface area contributed by atoms with E-state index < -0.39 is 26.6 Å². The van der Waals surface area contributed by atoms with Crippen LogP contribution in [0.4, 0.5) is 10.1 Å². The van der Waals surface area contributed by atoms with Gasteiger partial charge in [0, 0.05) is 5.56 Å². The van der Waals surface area contributed by atoms with Crippen molar-refractivity contribution < 1.29 is 12.8 Å². The summed E-state index contributed by atoms with van der Waals surface area (Å²) in [7, 11) is -3.83. The number of aryl methyl sites for hydroxylation is 1. The van der Waals surface area contributed by atoms with Crippen molar-refractivity contribution in [2.75, 3.05) is 9.93 Å². The number of hydrogen-bond acceptors (Lipinski definition) is 4. The number of nitrogens with one attached hydrogen (secondary N) is 1. The first-order chi connectivity index (χ1) is 10.7. The smallest absolute Gasteiger partial charge is 0.274 e. The van der Waals surface area contributed by atoms with Gasteiger partial charge in [-0.15, -0.1) is 11.6 Å². The Kier molecular flexibility index (Phi) is 4.98. The highest BCUT2D eigenvalue weighted by Gasteiger charge is 2.17. The van der Waals surface area contributed by atoms with Gasteiger partial charge >= 0.3 is 0 Å². The molecule has 124 valence electrons. The topological polar surface area (TPSA) is 81.1 Å². The molecule has 0 bridgehead atoms. The summed E-state index contributed by atoms with van der Waals surface area (Å²) in [6.45, 7) is 3.28. The molecule has 0 saturated heterocycles. The summed E-state index contributed by atoms with van der Waals surface area (Å²) in [4.78, 5) is 12.2. The quantitative estimate of drug-likeness (QED) is 0.827. The summed E-state index contributed by atoms with van der Waals surface area (Å²) in [5.41, 5.74) is 0.212. The van der Waals surface area contributed by atoms with Crippen molar-refractivity contribution in [3.8, 4) is 5.69 Å². The maximum absolute atomic E-state index is 14.2. The van der Waals surface area contributed by atoms with Crippen LogP contribution in [0.25, 0.3) is 5.69 Å². The molecule has 1 aromatic heterocycles. The lowest BCUT2D eigenvalue weighted by atomic mass is 10.2. The van der Waals surface area contributed by atoms with Crippen molar-refractivity contribution in [1.82, 2.24) is 9.78 Å². The van der Waals surface area contributed by atoms with E-state index in [9.17, 15) is 17.6 Å². The molecule has 0 aliphatic rings. The fourth-order valence-corrected chi connectivity index (χ4v) is 2.74. The zero-order chi connectivity index (χ0) is 17.4. The second-order valence-electron chi connectivity index (χ2n) is 4.78. The van der Waals surface area contributed by atoms with E-state index in [0.29, 0.717) is 11.1 Å². The SMILES string of the molecule is Cc1cnn(-c2cc(NS(=O)(=O)CCl)c(Cl)cc2F)c(=O)c1C. The summed E-state index contributed by atoms with van der Waals surface area (Å²) in [5, 5.41) is 3.01. The van der Waals surface area contributed by atoms with E-state index in [1.165, 1.54) is 6.20 Å². The number of halogens is 3. The molecule has 0 radical (unpaired) electrons. The van der Waals surface area contributed by atoms with Gasteiger partial charge in [-0.3, -0.25) is 9.52 Å². The molecule has 2 rings (SSSR count). The van der Waals surface area contributed by atoms with Crippen LogP contribution in [0.2, 0.25) is 5.02 Å². The summed E-state index contributed by atoms with van der Waals surface area (Å²) in [5.74, 6) is -0.818. The minimum atomic E-state index is -3.83. The molecular formula is C13H12Cl2FN3O3S. The molecule has 0 atom stereocenters. The molecule has 2 aromatic rings. The molecule has 1 heterocycles. The molecule has 0 spiro atoms. The van der Waals surface area contributed by atoms with Crippen LogP contribution in [-0.4, -0.2) is 23.4 Å². The highest BCUT2D eigenvalue weighted by Crippen LogP contribution is 2.28. The van der Waals surface area contributed by atoms with Crippen molar-refractivity contribution in [1.29, 1.82) is 0 Å². The van der Waals surface area contributed by atoms with E-state index in [1.807, 2.05) is 0 Å². The van der Waals surface area contributed by atoms with Gasteiger partial charge in [0.25, 0.3) is 5.56 Å². The van der Waals surface area contributed by atoms with Gasteiger partial charge in [-0.1, -0.05) is 11.6 Å². The summed E-state index contributed by atoms with van der Waals surface area (Å²) >= 11 is 11.1. The van der Waals surface area contributed by atoms with Gasteiger partial charge < -0.3 is 0 Å². The predicted octanol–water partition coefficient (Wildman–Crippen LogP) is 2.58. The highest BCUT2D eigenvalue weighted by atomic mass is 35.5. The van der Waals surface area contributed by atoms with Crippen molar-refractivity contribution in [2.45, 2.75) is 13.8 Å². The van der Waals surface area contributed by atoms with Gasteiger partial charge in [0.15, 0.2) is 5.82 Å². The Bertz CT molecular complexity index is 929. The summed E-state index contributed by atoms with van der Waals surface area (Å²) in [6, 6.07) is 1.98. The largest absolute Gasteiger partial charge is 0.281 e. The lowest BCUT2D eigenvalue weighted by Gasteiger charge is -2.12. The molecule has 23 heavy (non-hydrogen) atoms. The molecule has 6 nitrogen and oxygen atoms in total. The molecule has 0 unspecified atom stereocenters. The standard InChI is InChI=1S/C13H12Cl2FN3O3S/c1-7-5-17-19(13(20)8(7)2)12-4-11(9(15)3-10(12)16)18-23(21,22)6-14/h3-5,18H,6H2,1-2H3. The maximum atomic E-state index is 14.2. The van der Waals surface area contributed by atoms with Gasteiger partial charge in [0.2, 0.25) is 10.0 Å². The van der Waals surface area contributed by atoms with Crippen molar-refractivity contribution in [2.24, 2.45) is 0 Å². The first-order valence-corrected chi connectivity index (χ1v) is 8.84. The number of rotatable bonds is 4. The van der Waals surface area contributed by atoms with Gasteiger partial charge in [-0.2, -0.15) is 9.78 Å². The maximum Gasteiger partial charge on any atom is 0.274 e. The Morgan fingerprint density at radius 3 is 2.61 bits per heavy atom. The normalized spacial score (nSPS) is 11.5. The number of nitrogens with zero attached hydrogens (tertiary/aromatic N) is 2. The highest BCUT2D eigenvalue weighted by molar-refractivity contribution is 7.93. The zero-order valence-electron chi connectivity index (χ0n) is 12.1. The van der Waals surface area contributed by atoms with Crippen LogP contribution in [0.15, 0.2) is 23.1 Å². The Labute approximate surface area is 141 Å². The van der Waals surface area contributed by atoms with E-state index in [1.54, 1.807) is 13.8 Å². The van der Waals surface area contributed by atoms with Crippen LogP contribution in [0.3, 0.4) is 0 Å². The molecule has 0 aliphatic heterocycles. The van der Waals surface area contributed by atoms with Crippen molar-refractivity contribution in [3.63, 3.8) is 0 Å². The average Bonchev–Trinajstić information content (AvgIpc) is 2.48. The number of hydrogen-bond donors (Lipinski definition) is 1. The third-order valence-electron chi connectivity index (χ3n) is 3.15. The lowest BCUT2D eigenvalue weighted by Crippen LogP contribution is -2.25. The zero-order valence-corrected chi connectivity index (χ0v) is 14.4. The van der Waals surface area contributed by atoms with Gasteiger partial charge in [-0.25, -0.2) is 12.8 Å². The first-order valence-electron chi connectivity index (χ1n) is 6.27. The van der Waals surface area contributed by atoms with E-state index >= 15 is 0 Å². The molecule has 1 N–H and O–H groups in total. The van der Waals surface area contributed by atoms with E-state index in [-0.39, 0.29) is 16.4 Å². The van der Waals surface area contributed by atoms with Crippen LogP contribution in [0.5, 0.6) is 0 Å². The average molecular weight is 380 g/mol. The minimum Gasteiger partial charge on any atom is -0.281 e. The molecule has 0 saturated carbocycles. The molecule has 0 fully saturated rings. The Hall–Kier alpha value is -1.64. The minimum absolute atomic E-state index is 0.101. The third-order valence-corrected chi connectivity index (χ3v) is 5.14. The molecule has 0 amide bonds. The molecule has 1 aromatic carbocycles. The number of sulfonamides is 1. The van der Waals surface area contributed by atoms with Crippen molar-refractivity contribution >= 4 is 38.9 Å².